The summed E-state index contributed by atoms with van der Waals surface area (Å²) in [5.41, 5.74) is 3.48. The van der Waals surface area contributed by atoms with Gasteiger partial charge in [0.25, 0.3) is 11.1 Å². The first-order valence-corrected chi connectivity index (χ1v) is 10.3. The highest BCUT2D eigenvalue weighted by molar-refractivity contribution is 8.18. The Hall–Kier alpha value is -2.51. The Bertz CT molecular complexity index is 1030. The van der Waals surface area contributed by atoms with Crippen LogP contribution < -0.4 is 0 Å². The van der Waals surface area contributed by atoms with Crippen molar-refractivity contribution >= 4 is 46.6 Å². The molecule has 0 saturated carbocycles. The zero-order valence-corrected chi connectivity index (χ0v) is 18.1. The Morgan fingerprint density at radius 3 is 2.59 bits per heavy atom. The van der Waals surface area contributed by atoms with Gasteiger partial charge in [-0.15, -0.1) is 0 Å². The lowest BCUT2D eigenvalue weighted by atomic mass is 10.2. The zero-order chi connectivity index (χ0) is 21.3. The molecular formula is C21H21ClN2O4S. The van der Waals surface area contributed by atoms with E-state index in [2.05, 4.69) is 0 Å². The van der Waals surface area contributed by atoms with Gasteiger partial charge in [-0.2, -0.15) is 0 Å². The number of hydrogen-bond acceptors (Lipinski definition) is 5. The summed E-state index contributed by atoms with van der Waals surface area (Å²) < 4.78 is 7.03. The highest BCUT2D eigenvalue weighted by Crippen LogP contribution is 2.34. The standard InChI is InChI=1S/C21H21ClN2O4S/c1-12(2)28-19(25)11-23-20(26)18(29-21(23)27)10-15-9-13(3)24(14(15)4)17-8-6-5-7-16(17)22/h5-10,12H,11H2,1-4H3/b18-10+. The lowest BCUT2D eigenvalue weighted by molar-refractivity contribution is -0.149. The van der Waals surface area contributed by atoms with E-state index in [9.17, 15) is 14.4 Å². The summed E-state index contributed by atoms with van der Waals surface area (Å²) in [6.07, 6.45) is 1.36. The molecule has 0 spiro atoms. The van der Waals surface area contributed by atoms with Crippen LogP contribution in [0.15, 0.2) is 35.2 Å². The number of aromatic nitrogens is 1. The minimum absolute atomic E-state index is 0.270. The van der Waals surface area contributed by atoms with Gasteiger partial charge in [0.05, 0.1) is 21.7 Å². The largest absolute Gasteiger partial charge is 0.462 e. The number of halogens is 1. The summed E-state index contributed by atoms with van der Waals surface area (Å²) >= 11 is 7.15. The van der Waals surface area contributed by atoms with Crippen molar-refractivity contribution in [3.8, 4) is 5.69 Å². The van der Waals surface area contributed by atoms with Crippen LogP contribution in [0, 0.1) is 13.8 Å². The molecule has 152 valence electrons. The molecule has 1 fully saturated rings. The third-order valence-corrected chi connectivity index (χ3v) is 5.61. The van der Waals surface area contributed by atoms with Gasteiger partial charge in [0.2, 0.25) is 0 Å². The predicted octanol–water partition coefficient (Wildman–Crippen LogP) is 4.74. The van der Waals surface area contributed by atoms with Crippen molar-refractivity contribution in [2.75, 3.05) is 6.54 Å². The first-order valence-electron chi connectivity index (χ1n) is 9.07. The van der Waals surface area contributed by atoms with Crippen molar-refractivity contribution in [1.82, 2.24) is 9.47 Å². The van der Waals surface area contributed by atoms with Crippen LogP contribution in [0.2, 0.25) is 5.02 Å². The molecular weight excluding hydrogens is 412 g/mol. The summed E-state index contributed by atoms with van der Waals surface area (Å²) in [6, 6.07) is 9.43. The third-order valence-electron chi connectivity index (χ3n) is 4.38. The quantitative estimate of drug-likeness (QED) is 0.504. The fraction of sp³-hybridized carbons (Fsp3) is 0.286. The van der Waals surface area contributed by atoms with Crippen molar-refractivity contribution < 1.29 is 19.1 Å². The molecule has 1 aliphatic rings. The van der Waals surface area contributed by atoms with Crippen molar-refractivity contribution in [3.05, 3.63) is 57.2 Å². The minimum atomic E-state index is -0.611. The number of ether oxygens (including phenoxy) is 1. The van der Waals surface area contributed by atoms with Crippen molar-refractivity contribution in [3.63, 3.8) is 0 Å². The van der Waals surface area contributed by atoms with Crippen LogP contribution in [-0.4, -0.2) is 39.2 Å². The number of nitrogens with zero attached hydrogens (tertiary/aromatic N) is 2. The van der Waals surface area contributed by atoms with E-state index in [0.717, 1.165) is 39.3 Å². The van der Waals surface area contributed by atoms with E-state index in [1.54, 1.807) is 19.9 Å². The van der Waals surface area contributed by atoms with Crippen LogP contribution in [0.4, 0.5) is 4.79 Å². The summed E-state index contributed by atoms with van der Waals surface area (Å²) in [5.74, 6) is -1.11. The van der Waals surface area contributed by atoms with Gasteiger partial charge in [-0.1, -0.05) is 23.7 Å². The molecule has 0 atom stereocenters. The lowest BCUT2D eigenvalue weighted by Crippen LogP contribution is -2.35. The molecule has 3 rings (SSSR count). The number of hydrogen-bond donors (Lipinski definition) is 0. The van der Waals surface area contributed by atoms with Gasteiger partial charge in [-0.25, -0.2) is 0 Å². The topological polar surface area (TPSA) is 68.6 Å². The average molecular weight is 433 g/mol. The SMILES string of the molecule is Cc1cc(/C=C2/SC(=O)N(CC(=O)OC(C)C)C2=O)c(C)n1-c1ccccc1Cl. The van der Waals surface area contributed by atoms with E-state index in [4.69, 9.17) is 16.3 Å². The number of imide groups is 1. The first-order chi connectivity index (χ1) is 13.7. The van der Waals surface area contributed by atoms with E-state index < -0.39 is 23.7 Å². The predicted molar refractivity (Wildman–Crippen MR) is 114 cm³/mol. The molecule has 2 amide bonds. The summed E-state index contributed by atoms with van der Waals surface area (Å²) in [5, 5.41) is 0.131. The van der Waals surface area contributed by atoms with Gasteiger partial charge in [0, 0.05) is 11.4 Å². The van der Waals surface area contributed by atoms with Crippen molar-refractivity contribution in [1.29, 1.82) is 0 Å². The molecule has 29 heavy (non-hydrogen) atoms. The maximum absolute atomic E-state index is 12.6. The van der Waals surface area contributed by atoms with Crippen LogP contribution in [0.1, 0.15) is 30.8 Å². The molecule has 0 radical (unpaired) electrons. The summed E-state index contributed by atoms with van der Waals surface area (Å²) in [4.78, 5) is 37.9. The highest BCUT2D eigenvalue weighted by atomic mass is 35.5. The Labute approximate surface area is 178 Å². The second-order valence-electron chi connectivity index (χ2n) is 6.92. The number of benzene rings is 1. The van der Waals surface area contributed by atoms with Gasteiger partial charge in [0.15, 0.2) is 0 Å². The maximum Gasteiger partial charge on any atom is 0.326 e. The van der Waals surface area contributed by atoms with Crippen LogP contribution in [0.25, 0.3) is 11.8 Å². The van der Waals surface area contributed by atoms with E-state index in [1.165, 1.54) is 0 Å². The monoisotopic (exact) mass is 432 g/mol. The Kier molecular flexibility index (Phi) is 6.19. The van der Waals surface area contributed by atoms with Gasteiger partial charge < -0.3 is 9.30 Å². The summed E-state index contributed by atoms with van der Waals surface area (Å²) in [6.45, 7) is 6.90. The van der Waals surface area contributed by atoms with Crippen molar-refractivity contribution in [2.24, 2.45) is 0 Å². The van der Waals surface area contributed by atoms with E-state index in [1.807, 2.05) is 48.7 Å². The number of thioether (sulfide) groups is 1. The number of carbonyl (C=O) groups is 3. The number of esters is 1. The molecule has 0 bridgehead atoms. The van der Waals surface area contributed by atoms with Crippen LogP contribution in [0.3, 0.4) is 0 Å². The second kappa shape index (κ2) is 8.47. The van der Waals surface area contributed by atoms with Gasteiger partial charge in [-0.3, -0.25) is 19.3 Å². The van der Waals surface area contributed by atoms with Gasteiger partial charge in [-0.05, 0) is 69.3 Å². The lowest BCUT2D eigenvalue weighted by Gasteiger charge is -2.13. The third kappa shape index (κ3) is 4.41. The number of aryl methyl sites for hydroxylation is 1. The Morgan fingerprint density at radius 2 is 1.93 bits per heavy atom. The zero-order valence-electron chi connectivity index (χ0n) is 16.6. The van der Waals surface area contributed by atoms with Crippen molar-refractivity contribution in [2.45, 2.75) is 33.8 Å². The molecule has 0 aliphatic carbocycles. The molecule has 1 saturated heterocycles. The molecule has 1 aromatic carbocycles. The molecule has 0 N–H and O–H groups in total. The number of amides is 2. The van der Waals surface area contributed by atoms with Crippen LogP contribution in [0.5, 0.6) is 0 Å². The number of carbonyl (C=O) groups excluding carboxylic acids is 3. The second-order valence-corrected chi connectivity index (χ2v) is 8.32. The first kappa shape index (κ1) is 21.2. The van der Waals surface area contributed by atoms with Gasteiger partial charge >= 0.3 is 5.97 Å². The highest BCUT2D eigenvalue weighted by Gasteiger charge is 2.37. The van der Waals surface area contributed by atoms with Gasteiger partial charge in [0.1, 0.15) is 6.54 Å². The average Bonchev–Trinajstić information content (AvgIpc) is 3.05. The maximum atomic E-state index is 12.6. The molecule has 0 unspecified atom stereocenters. The molecule has 1 aromatic heterocycles. The van der Waals surface area contributed by atoms with Crippen LogP contribution in [-0.2, 0) is 14.3 Å². The fourth-order valence-electron chi connectivity index (χ4n) is 3.14. The number of rotatable bonds is 5. The molecule has 2 aromatic rings. The molecule has 6 nitrogen and oxygen atoms in total. The van der Waals surface area contributed by atoms with E-state index >= 15 is 0 Å². The normalized spacial score (nSPS) is 15.7. The molecule has 2 heterocycles. The molecule has 8 heteroatoms. The number of para-hydroxylation sites is 1. The van der Waals surface area contributed by atoms with E-state index in [-0.39, 0.29) is 11.0 Å². The van der Waals surface area contributed by atoms with E-state index in [0.29, 0.717) is 5.02 Å². The Balaban J connectivity index is 1.89. The summed E-state index contributed by atoms with van der Waals surface area (Å²) in [7, 11) is 0. The fourth-order valence-corrected chi connectivity index (χ4v) is 4.19. The molecule has 1 aliphatic heterocycles. The smallest absolute Gasteiger partial charge is 0.326 e. The minimum Gasteiger partial charge on any atom is -0.462 e. The van der Waals surface area contributed by atoms with Crippen LogP contribution >= 0.6 is 23.4 Å². The Morgan fingerprint density at radius 1 is 1.24 bits per heavy atom.